The Bertz CT molecular complexity index is 3070. The van der Waals surface area contributed by atoms with E-state index in [9.17, 15) is 19.2 Å². The summed E-state index contributed by atoms with van der Waals surface area (Å²) in [7, 11) is 16.9. The van der Waals surface area contributed by atoms with E-state index in [1.54, 1.807) is 7.05 Å². The quantitative estimate of drug-likeness (QED) is 0.252. The van der Waals surface area contributed by atoms with E-state index in [4.69, 9.17) is 29.2 Å². The highest BCUT2D eigenvalue weighted by Gasteiger charge is 2.44. The minimum absolute atomic E-state index is 0.0464. The van der Waals surface area contributed by atoms with Crippen molar-refractivity contribution in [2.75, 3.05) is 200 Å². The van der Waals surface area contributed by atoms with Crippen LogP contribution in [0, 0.1) is 35.5 Å². The molecule has 16 rings (SSSR count). The number of hydrogen-bond donors (Lipinski definition) is 2. The van der Waals surface area contributed by atoms with E-state index < -0.39 is 0 Å². The smallest absolute Gasteiger partial charge is 0.320 e. The Kier molecular flexibility index (Phi) is 34.1. The maximum atomic E-state index is 13.0. The maximum absolute atomic E-state index is 13.0. The van der Waals surface area contributed by atoms with Gasteiger partial charge in [-0.3, -0.25) is 9.78 Å². The summed E-state index contributed by atoms with van der Waals surface area (Å²) in [6, 6.07) is 16.3. The molecule has 14 aliphatic rings. The zero-order valence-electron chi connectivity index (χ0n) is 70.2. The molecule has 0 spiro atoms. The third kappa shape index (κ3) is 23.4. The lowest BCUT2D eigenvalue weighted by atomic mass is 9.85. The highest BCUT2D eigenvalue weighted by molar-refractivity contribution is 8.12. The first-order valence-corrected chi connectivity index (χ1v) is 45.8. The third-order valence-electron chi connectivity index (χ3n) is 28.0. The van der Waals surface area contributed by atoms with Crippen molar-refractivity contribution in [1.29, 1.82) is 0 Å². The summed E-state index contributed by atoms with van der Waals surface area (Å²) in [5.41, 5.74) is 4.93. The number of benzene rings is 1. The molecule has 2 aromatic rings. The second-order valence-corrected chi connectivity index (χ2v) is 36.7. The molecule has 0 bridgehead atoms. The summed E-state index contributed by atoms with van der Waals surface area (Å²) in [4.78, 5) is 87.2. The van der Waals surface area contributed by atoms with E-state index in [2.05, 4.69) is 149 Å². The molecule has 2 N–H and O–H groups in total. The Balaban J connectivity index is 0.000000133. The fourth-order valence-electron chi connectivity index (χ4n) is 21.3. The van der Waals surface area contributed by atoms with Crippen molar-refractivity contribution in [3.8, 4) is 0 Å². The van der Waals surface area contributed by atoms with E-state index in [-0.39, 0.29) is 29.4 Å². The lowest BCUT2D eigenvalue weighted by Gasteiger charge is -2.39. The molecule has 0 aliphatic carbocycles. The predicted molar refractivity (Wildman–Crippen MR) is 459 cm³/mol. The number of carbonyl (C=O) groups is 4. The normalized spacial score (nSPS) is 27.4. The number of pyridine rings is 1. The van der Waals surface area contributed by atoms with Gasteiger partial charge in [-0.05, 0) is 345 Å². The number of ether oxygens (including phenoxy) is 1. The van der Waals surface area contributed by atoms with Crippen molar-refractivity contribution in [1.82, 2.24) is 84.2 Å². The number of urea groups is 3. The van der Waals surface area contributed by atoms with Gasteiger partial charge in [-0.25, -0.2) is 14.4 Å². The number of nitrogens with zero attached hydrogens (tertiary/aromatic N) is 15. The number of carbonyl (C=O) groups excluding carboxylic acids is 4. The monoisotopic (exact) mass is 1590 g/mol. The Morgan fingerprint density at radius 3 is 1.23 bits per heavy atom. The Hall–Kier alpha value is -4.70. The predicted octanol–water partition coefficient (Wildman–Crippen LogP) is 11.9. The molecule has 1 aromatic carbocycles. The number of aromatic nitrogens is 1. The van der Waals surface area contributed by atoms with Crippen LogP contribution in [-0.4, -0.2) is 337 Å². The summed E-state index contributed by atoms with van der Waals surface area (Å²) >= 11 is 12.3. The highest BCUT2D eigenvalue weighted by Crippen LogP contribution is 2.44. The van der Waals surface area contributed by atoms with Gasteiger partial charge < -0.3 is 84.0 Å². The molecule has 1 aromatic heterocycles. The molecule has 7 amide bonds. The second kappa shape index (κ2) is 43.5. The summed E-state index contributed by atoms with van der Waals surface area (Å²) in [5.74, 6) is 4.45. The Labute approximate surface area is 684 Å². The van der Waals surface area contributed by atoms with Gasteiger partial charge in [0, 0.05) is 109 Å². The number of likely N-dealkylation sites (tertiary alicyclic amines) is 11. The first-order chi connectivity index (χ1) is 53.8. The van der Waals surface area contributed by atoms with Crippen molar-refractivity contribution < 1.29 is 23.9 Å². The number of hydrogen-bond acceptors (Lipinski definition) is 15. The summed E-state index contributed by atoms with van der Waals surface area (Å²) in [6.45, 7) is 26.9. The topological polar surface area (TPSA) is 160 Å². The molecule has 15 heterocycles. The van der Waals surface area contributed by atoms with Gasteiger partial charge >= 0.3 is 18.1 Å². The fourth-order valence-corrected chi connectivity index (χ4v) is 22.2. The fraction of sp³-hybridized carbons (Fsp3) is 0.802. The molecule has 622 valence electrons. The van der Waals surface area contributed by atoms with Gasteiger partial charge in [-0.2, -0.15) is 0 Å². The Morgan fingerprint density at radius 2 is 0.802 bits per heavy atom. The Morgan fingerprint density at radius 1 is 0.423 bits per heavy atom. The van der Waals surface area contributed by atoms with Gasteiger partial charge in [0.1, 0.15) is 0 Å². The molecule has 0 radical (unpaired) electrons. The van der Waals surface area contributed by atoms with Crippen LogP contribution < -0.4 is 10.6 Å². The molecular formula is C86H145N17O5S3. The van der Waals surface area contributed by atoms with Crippen LogP contribution in [0.5, 0.6) is 0 Å². The lowest BCUT2D eigenvalue weighted by molar-refractivity contribution is 0.0375. The van der Waals surface area contributed by atoms with Gasteiger partial charge in [0.25, 0.3) is 5.24 Å². The molecule has 12 saturated heterocycles. The van der Waals surface area contributed by atoms with E-state index >= 15 is 0 Å². The second-order valence-electron chi connectivity index (χ2n) is 35.1. The third-order valence-corrected chi connectivity index (χ3v) is 29.5. The number of rotatable bonds is 7. The number of thioether (sulfide) groups is 1. The van der Waals surface area contributed by atoms with Crippen LogP contribution in [0.25, 0.3) is 0 Å². The number of thiocarbonyl (C=S) groups is 2. The number of piperidine rings is 6. The molecule has 14 aliphatic heterocycles. The van der Waals surface area contributed by atoms with Crippen molar-refractivity contribution >= 4 is 69.6 Å². The van der Waals surface area contributed by atoms with Crippen LogP contribution in [0.3, 0.4) is 0 Å². The largest absolute Gasteiger partial charge is 0.378 e. The highest BCUT2D eigenvalue weighted by atomic mass is 32.2. The van der Waals surface area contributed by atoms with Crippen molar-refractivity contribution in [2.24, 2.45) is 35.5 Å². The zero-order chi connectivity index (χ0) is 78.5. The summed E-state index contributed by atoms with van der Waals surface area (Å²) < 4.78 is 5.35. The summed E-state index contributed by atoms with van der Waals surface area (Å²) in [5, 5.41) is 7.15. The van der Waals surface area contributed by atoms with Crippen LogP contribution >= 0.6 is 36.2 Å². The van der Waals surface area contributed by atoms with Crippen LogP contribution in [-0.2, 0) is 24.4 Å². The molecule has 12 fully saturated rings. The van der Waals surface area contributed by atoms with Crippen LogP contribution in [0.2, 0.25) is 0 Å². The van der Waals surface area contributed by atoms with Crippen molar-refractivity contribution in [3.63, 3.8) is 0 Å². The molecule has 0 unspecified atom stereocenters. The first-order valence-electron chi connectivity index (χ1n) is 43.8. The van der Waals surface area contributed by atoms with E-state index in [0.717, 1.165) is 113 Å². The SMILES string of the molecule is CCC(=S)N1CCC[C@H]1C1CCN(C)CC1.CN1CCC([C@@H]2CCCN2C(=O)N2CCOCC2)CC1.CN1CCC([C@@H]2CCCN2C(=O)N2Cc3cccnc3C2)CC1.CNC(=O)N1Cc2ccccc2[C@H]1C1CCN(C)CC1.CNC(=S)N1CCC[C@H]1C1CCN(C)CC1.CSC(=O)N1CCC[C@H]1C1CCN(C)CC1. The number of morpholine rings is 1. The van der Waals surface area contributed by atoms with Crippen LogP contribution in [0.15, 0.2) is 42.6 Å². The van der Waals surface area contributed by atoms with Crippen LogP contribution in [0.1, 0.15) is 183 Å². The minimum Gasteiger partial charge on any atom is -0.378 e. The minimum atomic E-state index is 0.0464. The maximum Gasteiger partial charge on any atom is 0.320 e. The van der Waals surface area contributed by atoms with E-state index in [1.807, 2.05) is 40.3 Å². The molecule has 0 saturated carbocycles. The number of nitrogens with one attached hydrogen (secondary N) is 2. The molecule has 25 heteroatoms. The average molecular weight is 1590 g/mol. The molecule has 6 atom stereocenters. The summed E-state index contributed by atoms with van der Waals surface area (Å²) in [6.07, 6.45) is 32.5. The molecule has 22 nitrogen and oxygen atoms in total. The number of fused-ring (bicyclic) bond motifs is 2. The molecular weight excluding hydrogens is 1450 g/mol. The van der Waals surface area contributed by atoms with Gasteiger partial charge in [0.2, 0.25) is 0 Å². The van der Waals surface area contributed by atoms with Gasteiger partial charge in [-0.15, -0.1) is 0 Å². The zero-order valence-corrected chi connectivity index (χ0v) is 72.6. The lowest BCUT2D eigenvalue weighted by Crippen LogP contribution is -2.52. The van der Waals surface area contributed by atoms with E-state index in [0.29, 0.717) is 61.7 Å². The van der Waals surface area contributed by atoms with Crippen LogP contribution in [0.4, 0.5) is 19.2 Å². The van der Waals surface area contributed by atoms with E-state index in [1.165, 1.54) is 240 Å². The van der Waals surface area contributed by atoms with Gasteiger partial charge in [0.15, 0.2) is 5.11 Å². The van der Waals surface area contributed by atoms with Crippen molar-refractivity contribution in [2.45, 2.75) is 210 Å². The number of amides is 7. The van der Waals surface area contributed by atoms with Crippen molar-refractivity contribution in [3.05, 3.63) is 65.0 Å². The first kappa shape index (κ1) is 87.1. The van der Waals surface area contributed by atoms with Gasteiger partial charge in [0.05, 0.1) is 36.5 Å². The molecule has 111 heavy (non-hydrogen) atoms. The average Bonchev–Trinajstić information content (AvgIpc) is 1.63. The van der Waals surface area contributed by atoms with Gasteiger partial charge in [-0.1, -0.05) is 61.2 Å². The standard InChI is InChI=1S/C18H26N4O.C16H23N3O.C15H27N3O2.C13H24N2S.C12H23N3S.C12H22N2OS/c1-20-10-6-14(7-11-20)17-5-3-9-22(17)18(23)21-12-15-4-2-8-19-16(15)13-21;1-17-16(20)19-11-13-5-3-4-6-14(13)15(19)12-7-9-18(2)10-8-12;1-16-7-4-13(5-8-16)14-3-2-6-18(14)15(19)17-9-11-20-12-10-17;1-3-13(16)15-8-4-5-12(15)11-6-9-14(2)10-7-11;1-13-12(16)15-7-3-4-11(15)10-5-8-14(2)9-6-10;1-13-8-5-10(6-9-13)11-4-3-7-14(11)12(15)16-2/h2,4,8,14,17H,3,5-7,9-13H2,1H3;3-6,12,15H,7-11H2,1-2H3,(H,17,20);13-14H,2-12H2,1H3;11-12H,3-10H2,1-2H3;10-11H,3-9H2,1-2H3,(H,13,16);10-11H,3-9H2,1-2H3/t17-;15-;14-;12-;2*11-/m010000/s1.